The van der Waals surface area contributed by atoms with Crippen molar-refractivity contribution in [3.8, 4) is 0 Å². The Morgan fingerprint density at radius 3 is 2.38 bits per heavy atom. The van der Waals surface area contributed by atoms with Gasteiger partial charge in [0.15, 0.2) is 0 Å². The first-order valence-corrected chi connectivity index (χ1v) is 14.5. The molecule has 10 atom stereocenters. The zero-order valence-electron chi connectivity index (χ0n) is 21.1. The van der Waals surface area contributed by atoms with Crippen molar-refractivity contribution < 1.29 is 32.4 Å². The third-order valence-electron chi connectivity index (χ3n) is 11.2. The monoisotopic (exact) mass is 460 g/mol. The van der Waals surface area contributed by atoms with Gasteiger partial charge in [0, 0.05) is 0 Å². The molecule has 0 saturated heterocycles. The minimum atomic E-state index is -3.44. The smallest absolute Gasteiger partial charge is 0.671 e. The van der Waals surface area contributed by atoms with Gasteiger partial charge in [0.1, 0.15) is 0 Å². The van der Waals surface area contributed by atoms with Crippen molar-refractivity contribution in [1.29, 1.82) is 0 Å². The number of rotatable bonds is 5. The van der Waals surface area contributed by atoms with Crippen molar-refractivity contribution >= 4 is 10.0 Å². The van der Waals surface area contributed by atoms with Gasteiger partial charge < -0.3 is 10.8 Å². The number of hydrogen-bond acceptors (Lipinski definition) is 3. The summed E-state index contributed by atoms with van der Waals surface area (Å²) in [5, 5.41) is 15.7. The van der Waals surface area contributed by atoms with E-state index in [9.17, 15) is 19.3 Å². The van der Waals surface area contributed by atoms with Gasteiger partial charge in [0.05, 0.1) is 11.9 Å². The fraction of sp³-hybridized carbons (Fsp3) is 1.00. The molecule has 4 saturated carbocycles. The molecule has 0 unspecified atom stereocenters. The van der Waals surface area contributed by atoms with Gasteiger partial charge in [-0.3, -0.25) is 0 Å². The Bertz CT molecular complexity index is 794. The second kappa shape index (κ2) is 9.14. The third kappa shape index (κ3) is 4.18. The van der Waals surface area contributed by atoms with Crippen molar-refractivity contribution in [1.82, 2.24) is 0 Å². The average Bonchev–Trinajstić information content (AvgIpc) is 2.97. The quantitative estimate of drug-likeness (QED) is 0.614. The van der Waals surface area contributed by atoms with Crippen LogP contribution in [-0.4, -0.2) is 30.9 Å². The summed E-state index contributed by atoms with van der Waals surface area (Å²) < 4.78 is 23.1. The number of sulfonamides is 1. The molecule has 5 nitrogen and oxygen atoms in total. The normalized spacial score (nSPS) is 49.3. The van der Waals surface area contributed by atoms with E-state index in [-0.39, 0.29) is 47.5 Å². The SMILES string of the molecule is CC[C@H]1C[C@@H]2[C@H](CC[C@]3(C)[C@@H]([C@H](C)CCS(N)(=O)=O)CC[C@@]23[NH-])[C@@]2(C)CC[C@@H](O)C[C@@H]12.[Li+]. The van der Waals surface area contributed by atoms with Gasteiger partial charge in [-0.1, -0.05) is 52.9 Å². The van der Waals surface area contributed by atoms with E-state index in [1.54, 1.807) is 0 Å². The number of fused-ring (bicyclic) bond motifs is 5. The molecule has 4 aliphatic carbocycles. The van der Waals surface area contributed by atoms with Crippen molar-refractivity contribution in [3.63, 3.8) is 0 Å². The molecule has 0 aromatic carbocycles. The molecule has 0 aliphatic heterocycles. The summed E-state index contributed by atoms with van der Waals surface area (Å²) in [4.78, 5) is 0. The Kier molecular flexibility index (Phi) is 7.72. The largest absolute Gasteiger partial charge is 1.00 e. The summed E-state index contributed by atoms with van der Waals surface area (Å²) in [6.07, 6.45) is 10.0. The molecule has 0 amide bonds. The van der Waals surface area contributed by atoms with Crippen LogP contribution in [0.15, 0.2) is 0 Å². The molecule has 180 valence electrons. The Balaban J connectivity index is 0.00000289. The molecule has 0 aromatic heterocycles. The van der Waals surface area contributed by atoms with Gasteiger partial charge in [-0.25, -0.2) is 13.6 Å². The number of aliphatic hydroxyl groups excluding tert-OH is 1. The molecule has 4 N–H and O–H groups in total. The van der Waals surface area contributed by atoms with Crippen molar-refractivity contribution in [2.75, 3.05) is 5.75 Å². The van der Waals surface area contributed by atoms with Gasteiger partial charge in [0.2, 0.25) is 10.0 Å². The Morgan fingerprint density at radius 2 is 1.75 bits per heavy atom. The van der Waals surface area contributed by atoms with Gasteiger partial charge in [0.25, 0.3) is 0 Å². The summed E-state index contributed by atoms with van der Waals surface area (Å²) in [6.45, 7) is 9.35. The van der Waals surface area contributed by atoms with E-state index in [2.05, 4.69) is 27.7 Å². The molecule has 0 radical (unpaired) electrons. The maximum Gasteiger partial charge on any atom is 1.00 e. The van der Waals surface area contributed by atoms with Gasteiger partial charge in [-0.05, 0) is 85.4 Å². The number of primary sulfonamides is 1. The van der Waals surface area contributed by atoms with Gasteiger partial charge in [-0.2, -0.15) is 0 Å². The van der Waals surface area contributed by atoms with E-state index >= 15 is 0 Å². The first-order chi connectivity index (χ1) is 14.4. The zero-order chi connectivity index (χ0) is 22.8. The van der Waals surface area contributed by atoms with Crippen LogP contribution in [0.5, 0.6) is 0 Å². The van der Waals surface area contributed by atoms with Gasteiger partial charge in [-0.15, -0.1) is 5.54 Å². The van der Waals surface area contributed by atoms with E-state index in [0.29, 0.717) is 36.0 Å². The van der Waals surface area contributed by atoms with E-state index in [0.717, 1.165) is 51.4 Å². The third-order valence-corrected chi connectivity index (χ3v) is 12.0. The summed E-state index contributed by atoms with van der Waals surface area (Å²) in [7, 11) is -3.44. The van der Waals surface area contributed by atoms with Crippen LogP contribution in [0.1, 0.15) is 91.9 Å². The minimum absolute atomic E-state index is 0. The summed E-state index contributed by atoms with van der Waals surface area (Å²) in [6, 6.07) is 0. The van der Waals surface area contributed by atoms with Crippen molar-refractivity contribution in [2.24, 2.45) is 51.5 Å². The molecular formula is C25H45LiN2O3S. The standard InChI is InChI=1S/C25H45N2O3S.Li/c1-5-17-14-22-20(23(3)10-6-18(28)15-21(17)23)7-11-24(4)19(8-12-25(22,24)26)16(2)9-13-31(27,29)30;/h16-22,26,28H,5-15H2,1-4H3,(H2,27,29,30);/q-1;+1/t16-,17+,18-,19-,20+,21+,22-,23-,24-,25-;/m1./s1. The molecule has 4 aliphatic rings. The van der Waals surface area contributed by atoms with Crippen LogP contribution in [0.4, 0.5) is 0 Å². The molecular weight excluding hydrogens is 415 g/mol. The molecule has 0 spiro atoms. The molecule has 0 heterocycles. The fourth-order valence-electron chi connectivity index (χ4n) is 9.43. The van der Waals surface area contributed by atoms with Crippen LogP contribution >= 0.6 is 0 Å². The second-order valence-electron chi connectivity index (χ2n) is 12.4. The van der Waals surface area contributed by atoms with E-state index < -0.39 is 15.6 Å². The second-order valence-corrected chi connectivity index (χ2v) is 14.1. The molecule has 32 heavy (non-hydrogen) atoms. The van der Waals surface area contributed by atoms with Crippen LogP contribution < -0.4 is 24.0 Å². The van der Waals surface area contributed by atoms with Crippen LogP contribution in [0, 0.1) is 46.3 Å². The van der Waals surface area contributed by atoms with E-state index in [1.807, 2.05) is 0 Å². The summed E-state index contributed by atoms with van der Waals surface area (Å²) in [5.41, 5.74) is 9.75. The Morgan fingerprint density at radius 1 is 1.06 bits per heavy atom. The fourth-order valence-corrected chi connectivity index (χ4v) is 10.1. The first-order valence-electron chi connectivity index (χ1n) is 12.8. The van der Waals surface area contributed by atoms with Crippen LogP contribution in [0.25, 0.3) is 5.73 Å². The van der Waals surface area contributed by atoms with Crippen LogP contribution in [0.2, 0.25) is 0 Å². The Hall–Kier alpha value is 0.427. The maximum absolute atomic E-state index is 11.5. The van der Waals surface area contributed by atoms with E-state index in [4.69, 9.17) is 5.14 Å². The molecule has 7 heteroatoms. The Labute approximate surface area is 208 Å². The molecule has 4 rings (SSSR count). The predicted octanol–water partition coefficient (Wildman–Crippen LogP) is 2.14. The molecule has 0 aromatic rings. The minimum Gasteiger partial charge on any atom is -0.671 e. The predicted molar refractivity (Wildman–Crippen MR) is 126 cm³/mol. The number of hydrogen-bond donors (Lipinski definition) is 2. The van der Waals surface area contributed by atoms with Crippen molar-refractivity contribution in [3.05, 3.63) is 5.73 Å². The average molecular weight is 461 g/mol. The first kappa shape index (κ1) is 27.0. The van der Waals surface area contributed by atoms with Crippen LogP contribution in [0.3, 0.4) is 0 Å². The van der Waals surface area contributed by atoms with E-state index in [1.165, 1.54) is 6.42 Å². The van der Waals surface area contributed by atoms with Crippen molar-refractivity contribution in [2.45, 2.75) is 104 Å². The number of aliphatic hydroxyl groups is 1. The zero-order valence-corrected chi connectivity index (χ0v) is 21.9. The van der Waals surface area contributed by atoms with Gasteiger partial charge >= 0.3 is 18.9 Å². The molecule has 0 bridgehead atoms. The number of nitrogens with one attached hydrogen (secondary N) is 1. The topological polar surface area (TPSA) is 104 Å². The maximum atomic E-state index is 11.5. The summed E-state index contributed by atoms with van der Waals surface area (Å²) >= 11 is 0. The molecule has 4 fully saturated rings. The number of nitrogens with two attached hydrogens (primary N) is 1. The van der Waals surface area contributed by atoms with Crippen LogP contribution in [-0.2, 0) is 10.0 Å². The summed E-state index contributed by atoms with van der Waals surface area (Å²) in [5.74, 6) is 2.99.